The summed E-state index contributed by atoms with van der Waals surface area (Å²) in [6.45, 7) is 7.78. The monoisotopic (exact) mass is 616 g/mol. The van der Waals surface area contributed by atoms with Gasteiger partial charge in [0.15, 0.2) is 0 Å². The Kier molecular flexibility index (Phi) is 11.0. The van der Waals surface area contributed by atoms with Crippen molar-refractivity contribution in [2.45, 2.75) is 77.5 Å². The number of hydrogen-bond acceptors (Lipinski definition) is 5. The van der Waals surface area contributed by atoms with Gasteiger partial charge in [-0.05, 0) is 47.9 Å². The number of carbonyl (C=O) groups is 4. The van der Waals surface area contributed by atoms with Crippen LogP contribution in [0.5, 0.6) is 0 Å². The van der Waals surface area contributed by atoms with Crippen LogP contribution in [0.15, 0.2) is 60.9 Å². The number of hydrogen-bond donors (Lipinski definition) is 7. The van der Waals surface area contributed by atoms with Gasteiger partial charge in [-0.2, -0.15) is 0 Å². The lowest BCUT2D eigenvalue weighted by Crippen LogP contribution is -2.58. The van der Waals surface area contributed by atoms with Gasteiger partial charge in [0.2, 0.25) is 17.7 Å². The Balaban J connectivity index is 1.58. The number of aliphatic carboxylic acids is 1. The second kappa shape index (κ2) is 14.9. The van der Waals surface area contributed by atoms with Crippen molar-refractivity contribution >= 4 is 45.5 Å². The van der Waals surface area contributed by atoms with Crippen LogP contribution in [0, 0.1) is 11.8 Å². The van der Waals surface area contributed by atoms with Gasteiger partial charge in [-0.15, -0.1) is 0 Å². The number of nitrogens with two attached hydrogens (primary N) is 1. The fourth-order valence-corrected chi connectivity index (χ4v) is 5.59. The van der Waals surface area contributed by atoms with E-state index in [-0.39, 0.29) is 24.7 Å². The molecule has 11 heteroatoms. The van der Waals surface area contributed by atoms with Crippen LogP contribution in [0.2, 0.25) is 0 Å². The third-order valence-electron chi connectivity index (χ3n) is 7.85. The van der Waals surface area contributed by atoms with Crippen LogP contribution in [0.4, 0.5) is 0 Å². The molecule has 8 N–H and O–H groups in total. The van der Waals surface area contributed by atoms with Crippen LogP contribution < -0.4 is 21.7 Å². The molecule has 240 valence electrons. The maximum atomic E-state index is 13.8. The van der Waals surface area contributed by atoms with Crippen LogP contribution in [0.1, 0.15) is 51.7 Å². The molecule has 0 aliphatic carbocycles. The number of nitrogens with one attached hydrogen (secondary N) is 5. The molecule has 11 nitrogen and oxygen atoms in total. The highest BCUT2D eigenvalue weighted by Gasteiger charge is 2.32. The zero-order chi connectivity index (χ0) is 32.7. The molecule has 2 aromatic carbocycles. The van der Waals surface area contributed by atoms with E-state index in [1.54, 1.807) is 12.4 Å². The minimum atomic E-state index is -1.25. The smallest absolute Gasteiger partial charge is 0.326 e. The van der Waals surface area contributed by atoms with E-state index in [1.165, 1.54) is 0 Å². The van der Waals surface area contributed by atoms with Gasteiger partial charge < -0.3 is 36.8 Å². The van der Waals surface area contributed by atoms with Gasteiger partial charge in [0.1, 0.15) is 18.1 Å². The summed E-state index contributed by atoms with van der Waals surface area (Å²) in [5.41, 5.74) is 9.34. The second-order valence-electron chi connectivity index (χ2n) is 12.5. The molecule has 0 radical (unpaired) electrons. The Labute approximate surface area is 262 Å². The number of aromatic nitrogens is 2. The van der Waals surface area contributed by atoms with E-state index in [2.05, 4.69) is 25.9 Å². The number of H-pyrrole nitrogens is 2. The normalized spacial score (nSPS) is 14.3. The minimum absolute atomic E-state index is 0.0403. The number of para-hydroxylation sites is 2. The minimum Gasteiger partial charge on any atom is -0.480 e. The highest BCUT2D eigenvalue weighted by Crippen LogP contribution is 2.21. The van der Waals surface area contributed by atoms with Gasteiger partial charge in [0, 0.05) is 47.0 Å². The quantitative estimate of drug-likeness (QED) is 0.107. The van der Waals surface area contributed by atoms with E-state index in [1.807, 2.05) is 76.2 Å². The molecule has 0 bridgehead atoms. The molecular formula is C34H44N6O5. The number of fused-ring (bicyclic) bond motifs is 2. The Morgan fingerprint density at radius 2 is 1.11 bits per heavy atom. The number of carboxylic acids is 1. The molecule has 4 rings (SSSR count). The van der Waals surface area contributed by atoms with Gasteiger partial charge >= 0.3 is 5.97 Å². The SMILES string of the molecule is CC(C)CC(N)C(=O)NC(CC(C)C)C(=O)NC(Cc1c[nH]c2ccccc12)C(=O)NC(Cc1c[nH]c2ccccc12)C(=O)O. The predicted octanol–water partition coefficient (Wildman–Crippen LogP) is 3.39. The van der Waals surface area contributed by atoms with Crippen molar-refractivity contribution < 1.29 is 24.3 Å². The van der Waals surface area contributed by atoms with Crippen molar-refractivity contribution in [3.05, 3.63) is 72.1 Å². The van der Waals surface area contributed by atoms with Crippen molar-refractivity contribution in [2.24, 2.45) is 17.6 Å². The van der Waals surface area contributed by atoms with Crippen LogP contribution in [-0.4, -0.2) is 62.9 Å². The first kappa shape index (κ1) is 33.3. The molecule has 0 aliphatic rings. The molecule has 2 heterocycles. The molecule has 0 saturated carbocycles. The summed E-state index contributed by atoms with van der Waals surface area (Å²) in [5.74, 6) is -2.58. The van der Waals surface area contributed by atoms with Crippen LogP contribution >= 0.6 is 0 Å². The highest BCUT2D eigenvalue weighted by atomic mass is 16.4. The number of amides is 3. The van der Waals surface area contributed by atoms with E-state index in [0.29, 0.717) is 12.8 Å². The molecule has 45 heavy (non-hydrogen) atoms. The summed E-state index contributed by atoms with van der Waals surface area (Å²) >= 11 is 0. The predicted molar refractivity (Wildman–Crippen MR) is 174 cm³/mol. The Morgan fingerprint density at radius 3 is 1.62 bits per heavy atom. The standard InChI is InChI=1S/C34H44N6O5/c1-19(2)13-25(35)31(41)38-28(14-20(3)4)32(42)39-29(15-21-17-36-26-11-7-5-9-23(21)26)33(43)40-30(34(44)45)16-22-18-37-27-12-8-6-10-24(22)27/h5-12,17-20,25,28-30,36-37H,13-16,35H2,1-4H3,(H,38,41)(H,39,42)(H,40,43)(H,44,45). The summed E-state index contributed by atoms with van der Waals surface area (Å²) in [6, 6.07) is 11.0. The van der Waals surface area contributed by atoms with Crippen molar-refractivity contribution in [2.75, 3.05) is 0 Å². The average molecular weight is 617 g/mol. The van der Waals surface area contributed by atoms with Gasteiger partial charge in [0.05, 0.1) is 6.04 Å². The van der Waals surface area contributed by atoms with Gasteiger partial charge in [-0.3, -0.25) is 14.4 Å². The fourth-order valence-electron chi connectivity index (χ4n) is 5.59. The Bertz CT molecular complexity index is 1640. The first-order chi connectivity index (χ1) is 21.4. The molecule has 0 spiro atoms. The lowest BCUT2D eigenvalue weighted by molar-refractivity contribution is -0.142. The summed E-state index contributed by atoms with van der Waals surface area (Å²) in [7, 11) is 0. The maximum absolute atomic E-state index is 13.8. The van der Waals surface area contributed by atoms with Gasteiger partial charge in [-0.1, -0.05) is 64.1 Å². The number of aromatic amines is 2. The maximum Gasteiger partial charge on any atom is 0.326 e. The Morgan fingerprint density at radius 1 is 0.667 bits per heavy atom. The molecule has 4 aromatic rings. The van der Waals surface area contributed by atoms with Crippen molar-refractivity contribution in [3.63, 3.8) is 0 Å². The molecular weight excluding hydrogens is 572 g/mol. The average Bonchev–Trinajstić information content (AvgIpc) is 3.59. The molecule has 4 atom stereocenters. The lowest BCUT2D eigenvalue weighted by Gasteiger charge is -2.26. The highest BCUT2D eigenvalue weighted by molar-refractivity contribution is 5.95. The lowest BCUT2D eigenvalue weighted by atomic mass is 9.99. The number of benzene rings is 2. The summed E-state index contributed by atoms with van der Waals surface area (Å²) in [5, 5.41) is 20.1. The largest absolute Gasteiger partial charge is 0.480 e. The molecule has 0 saturated heterocycles. The van der Waals surface area contributed by atoms with Crippen molar-refractivity contribution in [1.29, 1.82) is 0 Å². The molecule has 2 aromatic heterocycles. The van der Waals surface area contributed by atoms with Gasteiger partial charge in [-0.25, -0.2) is 4.79 Å². The van der Waals surface area contributed by atoms with Crippen LogP contribution in [-0.2, 0) is 32.0 Å². The number of carbonyl (C=O) groups excluding carboxylic acids is 3. The fraction of sp³-hybridized carbons (Fsp3) is 0.412. The van der Waals surface area contributed by atoms with Gasteiger partial charge in [0.25, 0.3) is 0 Å². The second-order valence-corrected chi connectivity index (χ2v) is 12.5. The zero-order valence-corrected chi connectivity index (χ0v) is 26.2. The summed E-state index contributed by atoms with van der Waals surface area (Å²) in [6.07, 6.45) is 4.43. The zero-order valence-electron chi connectivity index (χ0n) is 26.2. The van der Waals surface area contributed by atoms with E-state index in [4.69, 9.17) is 5.73 Å². The first-order valence-electron chi connectivity index (χ1n) is 15.4. The van der Waals surface area contributed by atoms with E-state index < -0.39 is 47.9 Å². The van der Waals surface area contributed by atoms with Crippen LogP contribution in [0.25, 0.3) is 21.8 Å². The summed E-state index contributed by atoms with van der Waals surface area (Å²) < 4.78 is 0. The van der Waals surface area contributed by atoms with E-state index >= 15 is 0 Å². The molecule has 3 amide bonds. The number of rotatable bonds is 15. The Hall–Kier alpha value is -4.64. The first-order valence-corrected chi connectivity index (χ1v) is 15.4. The molecule has 4 unspecified atom stereocenters. The van der Waals surface area contributed by atoms with E-state index in [0.717, 1.165) is 32.9 Å². The molecule has 0 aliphatic heterocycles. The number of carboxylic acid groups (broad SMARTS) is 1. The van der Waals surface area contributed by atoms with Crippen LogP contribution in [0.3, 0.4) is 0 Å². The molecule has 0 fully saturated rings. The third-order valence-corrected chi connectivity index (χ3v) is 7.85. The topological polar surface area (TPSA) is 182 Å². The van der Waals surface area contributed by atoms with Crippen molar-refractivity contribution in [3.8, 4) is 0 Å². The van der Waals surface area contributed by atoms with Crippen molar-refractivity contribution in [1.82, 2.24) is 25.9 Å². The van der Waals surface area contributed by atoms with E-state index in [9.17, 15) is 24.3 Å². The third kappa shape index (κ3) is 8.72. The summed E-state index contributed by atoms with van der Waals surface area (Å²) in [4.78, 5) is 59.1.